The fraction of sp³-hybridized carbons (Fsp3) is 0.846. The SMILES string of the molecule is CCCCOC(=O)CN1CCN(C(C)C#N)CC1. The number of nitrogens with zero attached hydrogens (tertiary/aromatic N) is 3. The Morgan fingerprint density at radius 2 is 2.06 bits per heavy atom. The molecule has 0 spiro atoms. The second kappa shape index (κ2) is 8.06. The lowest BCUT2D eigenvalue weighted by atomic mass is 10.2. The number of hydrogen-bond acceptors (Lipinski definition) is 5. The van der Waals surface area contributed by atoms with Gasteiger partial charge in [-0.1, -0.05) is 13.3 Å². The largest absolute Gasteiger partial charge is 0.465 e. The molecule has 1 atom stereocenters. The van der Waals surface area contributed by atoms with E-state index in [4.69, 9.17) is 10.00 Å². The van der Waals surface area contributed by atoms with Gasteiger partial charge in [-0.15, -0.1) is 0 Å². The molecular formula is C13H23N3O2. The van der Waals surface area contributed by atoms with Gasteiger partial charge in [0.15, 0.2) is 0 Å². The maximum absolute atomic E-state index is 11.5. The van der Waals surface area contributed by atoms with Gasteiger partial charge in [-0.2, -0.15) is 5.26 Å². The van der Waals surface area contributed by atoms with Crippen LogP contribution in [-0.2, 0) is 9.53 Å². The molecule has 0 amide bonds. The molecule has 1 aliphatic rings. The van der Waals surface area contributed by atoms with E-state index in [0.29, 0.717) is 13.2 Å². The molecule has 1 rings (SSSR count). The van der Waals surface area contributed by atoms with Gasteiger partial charge in [0.1, 0.15) is 0 Å². The van der Waals surface area contributed by atoms with Crippen molar-refractivity contribution in [3.8, 4) is 6.07 Å². The molecule has 102 valence electrons. The molecule has 1 saturated heterocycles. The van der Waals surface area contributed by atoms with E-state index in [1.165, 1.54) is 0 Å². The first kappa shape index (κ1) is 14.9. The topological polar surface area (TPSA) is 56.6 Å². The van der Waals surface area contributed by atoms with Gasteiger partial charge in [-0.25, -0.2) is 0 Å². The van der Waals surface area contributed by atoms with Crippen LogP contribution in [0, 0.1) is 11.3 Å². The second-order valence-electron chi connectivity index (χ2n) is 4.69. The minimum Gasteiger partial charge on any atom is -0.465 e. The van der Waals surface area contributed by atoms with Gasteiger partial charge in [-0.3, -0.25) is 14.6 Å². The van der Waals surface area contributed by atoms with Crippen LogP contribution in [0.3, 0.4) is 0 Å². The highest BCUT2D eigenvalue weighted by atomic mass is 16.5. The van der Waals surface area contributed by atoms with E-state index in [9.17, 15) is 4.79 Å². The number of nitriles is 1. The molecule has 0 radical (unpaired) electrons. The van der Waals surface area contributed by atoms with Gasteiger partial charge in [-0.05, 0) is 13.3 Å². The van der Waals surface area contributed by atoms with Gasteiger partial charge in [0.05, 0.1) is 25.3 Å². The zero-order chi connectivity index (χ0) is 13.4. The zero-order valence-corrected chi connectivity index (χ0v) is 11.4. The molecule has 0 N–H and O–H groups in total. The molecule has 1 heterocycles. The normalized spacial score (nSPS) is 19.2. The molecule has 1 unspecified atom stereocenters. The average Bonchev–Trinajstić information content (AvgIpc) is 2.39. The van der Waals surface area contributed by atoms with E-state index >= 15 is 0 Å². The molecule has 0 aromatic heterocycles. The van der Waals surface area contributed by atoms with Crippen LogP contribution in [0.15, 0.2) is 0 Å². The van der Waals surface area contributed by atoms with Gasteiger partial charge >= 0.3 is 5.97 Å². The maximum atomic E-state index is 11.5. The molecule has 0 aromatic rings. The van der Waals surface area contributed by atoms with E-state index in [2.05, 4.69) is 22.8 Å². The Balaban J connectivity index is 2.19. The number of piperazine rings is 1. The fourth-order valence-corrected chi connectivity index (χ4v) is 1.95. The molecule has 18 heavy (non-hydrogen) atoms. The summed E-state index contributed by atoms with van der Waals surface area (Å²) in [4.78, 5) is 15.8. The van der Waals surface area contributed by atoms with E-state index in [1.54, 1.807) is 0 Å². The predicted molar refractivity (Wildman–Crippen MR) is 69.0 cm³/mol. The Labute approximate surface area is 109 Å². The molecule has 1 aliphatic heterocycles. The molecule has 5 heteroatoms. The van der Waals surface area contributed by atoms with Crippen LogP contribution < -0.4 is 0 Å². The minimum atomic E-state index is -0.134. The van der Waals surface area contributed by atoms with Crippen LogP contribution >= 0.6 is 0 Å². The molecular weight excluding hydrogens is 230 g/mol. The third kappa shape index (κ3) is 5.03. The highest BCUT2D eigenvalue weighted by Crippen LogP contribution is 2.05. The van der Waals surface area contributed by atoms with Gasteiger partial charge in [0, 0.05) is 26.2 Å². The van der Waals surface area contributed by atoms with Crippen LogP contribution in [-0.4, -0.2) is 61.1 Å². The highest BCUT2D eigenvalue weighted by Gasteiger charge is 2.22. The van der Waals surface area contributed by atoms with Crippen molar-refractivity contribution >= 4 is 5.97 Å². The smallest absolute Gasteiger partial charge is 0.320 e. The van der Waals surface area contributed by atoms with E-state index in [0.717, 1.165) is 39.0 Å². The summed E-state index contributed by atoms with van der Waals surface area (Å²) in [6, 6.07) is 2.20. The molecule has 1 fully saturated rings. The summed E-state index contributed by atoms with van der Waals surface area (Å²) in [7, 11) is 0. The molecule has 5 nitrogen and oxygen atoms in total. The summed E-state index contributed by atoms with van der Waals surface area (Å²) in [5.41, 5.74) is 0. The van der Waals surface area contributed by atoms with Crippen molar-refractivity contribution < 1.29 is 9.53 Å². The van der Waals surface area contributed by atoms with Crippen molar-refractivity contribution in [2.75, 3.05) is 39.3 Å². The van der Waals surface area contributed by atoms with Crippen molar-refractivity contribution in [1.29, 1.82) is 5.26 Å². The number of carbonyl (C=O) groups is 1. The average molecular weight is 253 g/mol. The monoisotopic (exact) mass is 253 g/mol. The minimum absolute atomic E-state index is 0.0383. The second-order valence-corrected chi connectivity index (χ2v) is 4.69. The number of hydrogen-bond donors (Lipinski definition) is 0. The number of ether oxygens (including phenoxy) is 1. The summed E-state index contributed by atoms with van der Waals surface area (Å²) < 4.78 is 5.13. The number of carbonyl (C=O) groups excluding carboxylic acids is 1. The first-order valence-electron chi connectivity index (χ1n) is 6.69. The third-order valence-corrected chi connectivity index (χ3v) is 3.26. The quantitative estimate of drug-likeness (QED) is 0.519. The first-order valence-corrected chi connectivity index (χ1v) is 6.69. The zero-order valence-electron chi connectivity index (χ0n) is 11.4. The molecule has 0 aliphatic carbocycles. The van der Waals surface area contributed by atoms with Crippen LogP contribution in [0.2, 0.25) is 0 Å². The number of unbranched alkanes of at least 4 members (excludes halogenated alkanes) is 1. The van der Waals surface area contributed by atoms with Crippen LogP contribution in [0.25, 0.3) is 0 Å². The van der Waals surface area contributed by atoms with Crippen molar-refractivity contribution in [3.63, 3.8) is 0 Å². The van der Waals surface area contributed by atoms with Crippen LogP contribution in [0.1, 0.15) is 26.7 Å². The Morgan fingerprint density at radius 1 is 1.39 bits per heavy atom. The van der Waals surface area contributed by atoms with E-state index in [-0.39, 0.29) is 12.0 Å². The third-order valence-electron chi connectivity index (χ3n) is 3.26. The van der Waals surface area contributed by atoms with E-state index in [1.807, 2.05) is 6.92 Å². The highest BCUT2D eigenvalue weighted by molar-refractivity contribution is 5.71. The van der Waals surface area contributed by atoms with Gasteiger partial charge in [0.25, 0.3) is 0 Å². The Bertz CT molecular complexity index is 293. The standard InChI is InChI=1S/C13H23N3O2/c1-3-4-9-18-13(17)11-15-5-7-16(8-6-15)12(2)10-14/h12H,3-9,11H2,1-2H3. The summed E-state index contributed by atoms with van der Waals surface area (Å²) >= 11 is 0. The first-order chi connectivity index (χ1) is 8.67. The van der Waals surface area contributed by atoms with Gasteiger partial charge < -0.3 is 4.74 Å². The molecule has 0 saturated carbocycles. The van der Waals surface area contributed by atoms with Crippen molar-refractivity contribution in [2.45, 2.75) is 32.7 Å². The molecule has 0 aromatic carbocycles. The summed E-state index contributed by atoms with van der Waals surface area (Å²) in [6.07, 6.45) is 1.97. The lowest BCUT2D eigenvalue weighted by molar-refractivity contribution is -0.145. The lowest BCUT2D eigenvalue weighted by Crippen LogP contribution is -2.50. The fourth-order valence-electron chi connectivity index (χ4n) is 1.95. The maximum Gasteiger partial charge on any atom is 0.320 e. The van der Waals surface area contributed by atoms with Crippen molar-refractivity contribution in [2.24, 2.45) is 0 Å². The summed E-state index contributed by atoms with van der Waals surface area (Å²) in [6.45, 7) is 8.23. The van der Waals surface area contributed by atoms with Crippen molar-refractivity contribution in [3.05, 3.63) is 0 Å². The van der Waals surface area contributed by atoms with E-state index < -0.39 is 0 Å². The lowest BCUT2D eigenvalue weighted by Gasteiger charge is -2.35. The summed E-state index contributed by atoms with van der Waals surface area (Å²) in [5, 5.41) is 8.84. The Hall–Kier alpha value is -1.12. The predicted octanol–water partition coefficient (Wildman–Crippen LogP) is 0.859. The van der Waals surface area contributed by atoms with Gasteiger partial charge in [0.2, 0.25) is 0 Å². The molecule has 0 bridgehead atoms. The Morgan fingerprint density at radius 3 is 2.61 bits per heavy atom. The summed E-state index contributed by atoms with van der Waals surface area (Å²) in [5.74, 6) is -0.134. The van der Waals surface area contributed by atoms with Crippen LogP contribution in [0.4, 0.5) is 0 Å². The number of rotatable bonds is 6. The van der Waals surface area contributed by atoms with Crippen LogP contribution in [0.5, 0.6) is 0 Å². The Kier molecular flexibility index (Phi) is 6.69. The van der Waals surface area contributed by atoms with Crippen molar-refractivity contribution in [1.82, 2.24) is 9.80 Å². The number of esters is 1.